The molecule has 0 bridgehead atoms. The van der Waals surface area contributed by atoms with Gasteiger partial charge in [0.25, 0.3) is 15.6 Å². The van der Waals surface area contributed by atoms with Crippen molar-refractivity contribution in [3.63, 3.8) is 0 Å². The van der Waals surface area contributed by atoms with E-state index >= 15 is 0 Å². The Morgan fingerprint density at radius 2 is 1.72 bits per heavy atom. The Kier molecular flexibility index (Phi) is 4.56. The number of nitrogens with zero attached hydrogens (tertiary/aromatic N) is 1. The number of aromatic amines is 1. The van der Waals surface area contributed by atoms with Crippen LogP contribution in [0.25, 0.3) is 22.0 Å². The fourth-order valence-corrected chi connectivity index (χ4v) is 4.47. The predicted octanol–water partition coefficient (Wildman–Crippen LogP) is 3.40. The number of sulfonamides is 1. The summed E-state index contributed by atoms with van der Waals surface area (Å²) in [6.45, 7) is 1.69. The fourth-order valence-electron chi connectivity index (χ4n) is 3.15. The van der Waals surface area contributed by atoms with E-state index in [0.717, 1.165) is 0 Å². The molecule has 1 heterocycles. The molecule has 0 aliphatic carbocycles. The highest BCUT2D eigenvalue weighted by atomic mass is 32.2. The number of phenolic OH excluding ortho intramolecular Hbond substituents is 1. The van der Waals surface area contributed by atoms with Crippen LogP contribution < -0.4 is 10.3 Å². The summed E-state index contributed by atoms with van der Waals surface area (Å²) in [6, 6.07) is 17.9. The number of aryl methyl sites for hydroxylation is 1. The molecule has 0 saturated carbocycles. The summed E-state index contributed by atoms with van der Waals surface area (Å²) in [4.78, 5) is 12.1. The minimum absolute atomic E-state index is 0.0421. The molecular weight excluding hydrogens is 390 g/mol. The first kappa shape index (κ1) is 18.7. The van der Waals surface area contributed by atoms with Crippen molar-refractivity contribution in [2.45, 2.75) is 11.8 Å². The minimum atomic E-state index is -3.91. The van der Waals surface area contributed by atoms with Crippen molar-refractivity contribution in [2.75, 3.05) is 4.72 Å². The number of benzene rings is 3. The monoisotopic (exact) mass is 407 g/mol. The van der Waals surface area contributed by atoms with E-state index in [4.69, 9.17) is 0 Å². The molecule has 8 heteroatoms. The van der Waals surface area contributed by atoms with Crippen molar-refractivity contribution in [3.05, 3.63) is 82.6 Å². The van der Waals surface area contributed by atoms with E-state index in [-0.39, 0.29) is 21.9 Å². The standard InChI is InChI=1S/C21H17N3O4S/c1-13-9-10-14(20-17-7-2-3-8-18(17)21(26)23-22-20)11-19(13)29(27,28)24-15-5-4-6-16(25)12-15/h2-12,24-25H,1H3,(H,23,26). The van der Waals surface area contributed by atoms with Crippen LogP contribution in [-0.2, 0) is 10.0 Å². The lowest BCUT2D eigenvalue weighted by Gasteiger charge is -2.13. The van der Waals surface area contributed by atoms with Gasteiger partial charge in [-0.15, -0.1) is 0 Å². The minimum Gasteiger partial charge on any atom is -0.508 e. The molecule has 0 spiro atoms. The van der Waals surface area contributed by atoms with Gasteiger partial charge in [0.05, 0.1) is 21.7 Å². The molecule has 1 aromatic heterocycles. The van der Waals surface area contributed by atoms with Crippen molar-refractivity contribution in [2.24, 2.45) is 0 Å². The van der Waals surface area contributed by atoms with Gasteiger partial charge in [0.15, 0.2) is 0 Å². The molecule has 0 radical (unpaired) electrons. The van der Waals surface area contributed by atoms with Crippen LogP contribution in [0.4, 0.5) is 5.69 Å². The van der Waals surface area contributed by atoms with Crippen LogP contribution in [0.5, 0.6) is 5.75 Å². The molecule has 0 atom stereocenters. The number of H-pyrrole nitrogens is 1. The summed E-state index contributed by atoms with van der Waals surface area (Å²) < 4.78 is 28.4. The maximum Gasteiger partial charge on any atom is 0.272 e. The van der Waals surface area contributed by atoms with Gasteiger partial charge < -0.3 is 5.11 Å². The topological polar surface area (TPSA) is 112 Å². The third kappa shape index (κ3) is 3.57. The van der Waals surface area contributed by atoms with Gasteiger partial charge in [-0.3, -0.25) is 9.52 Å². The van der Waals surface area contributed by atoms with Gasteiger partial charge >= 0.3 is 0 Å². The molecule has 7 nitrogen and oxygen atoms in total. The zero-order valence-corrected chi connectivity index (χ0v) is 16.2. The molecule has 0 unspecified atom stereocenters. The summed E-state index contributed by atoms with van der Waals surface area (Å²) in [7, 11) is -3.91. The van der Waals surface area contributed by atoms with Crippen LogP contribution in [0.1, 0.15) is 5.56 Å². The lowest BCUT2D eigenvalue weighted by atomic mass is 10.0. The normalized spacial score (nSPS) is 11.5. The van der Waals surface area contributed by atoms with Crippen LogP contribution in [0.15, 0.2) is 76.4 Å². The Bertz CT molecular complexity index is 1390. The van der Waals surface area contributed by atoms with Crippen LogP contribution in [0.3, 0.4) is 0 Å². The molecule has 0 aliphatic rings. The average molecular weight is 407 g/mol. The largest absolute Gasteiger partial charge is 0.508 e. The highest BCUT2D eigenvalue weighted by Gasteiger charge is 2.19. The number of aromatic nitrogens is 2. The molecule has 4 aromatic rings. The summed E-state index contributed by atoms with van der Waals surface area (Å²) in [5, 5.41) is 17.3. The Hall–Kier alpha value is -3.65. The SMILES string of the molecule is Cc1ccc(-c2n[nH]c(=O)c3ccccc23)cc1S(=O)(=O)Nc1cccc(O)c1. The van der Waals surface area contributed by atoms with Crippen molar-refractivity contribution < 1.29 is 13.5 Å². The van der Waals surface area contributed by atoms with E-state index in [9.17, 15) is 18.3 Å². The Labute approximate surface area is 166 Å². The quantitative estimate of drug-likeness (QED) is 0.480. The van der Waals surface area contributed by atoms with Crippen molar-refractivity contribution in [1.29, 1.82) is 0 Å². The van der Waals surface area contributed by atoms with Crippen LogP contribution in [-0.4, -0.2) is 23.7 Å². The zero-order valence-electron chi connectivity index (χ0n) is 15.4. The molecule has 3 N–H and O–H groups in total. The highest BCUT2D eigenvalue weighted by molar-refractivity contribution is 7.92. The lowest BCUT2D eigenvalue weighted by Crippen LogP contribution is -2.14. The van der Waals surface area contributed by atoms with Gasteiger partial charge in [-0.25, -0.2) is 13.5 Å². The number of rotatable bonds is 4. The first-order chi connectivity index (χ1) is 13.8. The number of hydrogen-bond donors (Lipinski definition) is 3. The molecule has 0 fully saturated rings. The maximum atomic E-state index is 13.0. The molecule has 0 aliphatic heterocycles. The van der Waals surface area contributed by atoms with Crippen molar-refractivity contribution >= 4 is 26.5 Å². The summed E-state index contributed by atoms with van der Waals surface area (Å²) in [5.41, 5.74) is 1.53. The van der Waals surface area contributed by atoms with Gasteiger partial charge in [-0.1, -0.05) is 36.4 Å². The summed E-state index contributed by atoms with van der Waals surface area (Å²) >= 11 is 0. The van der Waals surface area contributed by atoms with E-state index in [0.29, 0.717) is 27.6 Å². The first-order valence-electron chi connectivity index (χ1n) is 8.75. The summed E-state index contributed by atoms with van der Waals surface area (Å²) in [5.74, 6) is -0.0421. The average Bonchev–Trinajstić information content (AvgIpc) is 2.69. The molecule has 3 aromatic carbocycles. The van der Waals surface area contributed by atoms with Crippen molar-refractivity contribution in [3.8, 4) is 17.0 Å². The Morgan fingerprint density at radius 3 is 2.48 bits per heavy atom. The number of aromatic hydroxyl groups is 1. The molecule has 146 valence electrons. The molecule has 4 rings (SSSR count). The second kappa shape index (κ2) is 7.06. The summed E-state index contributed by atoms with van der Waals surface area (Å²) in [6.07, 6.45) is 0. The third-order valence-corrected chi connectivity index (χ3v) is 6.07. The Balaban J connectivity index is 1.83. The van der Waals surface area contributed by atoms with E-state index < -0.39 is 10.0 Å². The highest BCUT2D eigenvalue weighted by Crippen LogP contribution is 2.29. The van der Waals surface area contributed by atoms with Gasteiger partial charge in [-0.2, -0.15) is 5.10 Å². The van der Waals surface area contributed by atoms with E-state index in [1.54, 1.807) is 55.5 Å². The lowest BCUT2D eigenvalue weighted by molar-refractivity contribution is 0.475. The predicted molar refractivity (Wildman–Crippen MR) is 111 cm³/mol. The number of anilines is 1. The number of fused-ring (bicyclic) bond motifs is 1. The van der Waals surface area contributed by atoms with Gasteiger partial charge in [0.2, 0.25) is 0 Å². The second-order valence-corrected chi connectivity index (χ2v) is 8.23. The first-order valence-corrected chi connectivity index (χ1v) is 10.2. The maximum absolute atomic E-state index is 13.0. The number of hydrogen-bond acceptors (Lipinski definition) is 5. The van der Waals surface area contributed by atoms with Gasteiger partial charge in [-0.05, 0) is 36.8 Å². The third-order valence-electron chi connectivity index (χ3n) is 4.55. The number of nitrogens with one attached hydrogen (secondary N) is 2. The molecule has 0 saturated heterocycles. The van der Waals surface area contributed by atoms with Gasteiger partial charge in [0.1, 0.15) is 5.75 Å². The van der Waals surface area contributed by atoms with Crippen molar-refractivity contribution in [1.82, 2.24) is 10.2 Å². The molecule has 29 heavy (non-hydrogen) atoms. The Morgan fingerprint density at radius 1 is 0.966 bits per heavy atom. The smallest absolute Gasteiger partial charge is 0.272 e. The molecule has 0 amide bonds. The molecular formula is C21H17N3O4S. The van der Waals surface area contributed by atoms with E-state index in [2.05, 4.69) is 14.9 Å². The zero-order chi connectivity index (χ0) is 20.6. The van der Waals surface area contributed by atoms with E-state index in [1.807, 2.05) is 0 Å². The van der Waals surface area contributed by atoms with Gasteiger partial charge in [0, 0.05) is 17.0 Å². The van der Waals surface area contributed by atoms with Crippen LogP contribution in [0, 0.1) is 6.92 Å². The second-order valence-electron chi connectivity index (χ2n) is 6.58. The van der Waals surface area contributed by atoms with Crippen LogP contribution >= 0.6 is 0 Å². The van der Waals surface area contributed by atoms with E-state index in [1.165, 1.54) is 18.2 Å². The fraction of sp³-hybridized carbons (Fsp3) is 0.0476. The van der Waals surface area contributed by atoms with Crippen LogP contribution in [0.2, 0.25) is 0 Å². The number of phenols is 1.